The Labute approximate surface area is 167 Å². The molecule has 0 saturated heterocycles. The molecule has 8 heteroatoms. The normalized spacial score (nSPS) is 10.4. The number of carbonyl (C=O) groups is 2. The van der Waals surface area contributed by atoms with Gasteiger partial charge in [0.05, 0.1) is 17.6 Å². The predicted molar refractivity (Wildman–Crippen MR) is 109 cm³/mol. The highest BCUT2D eigenvalue weighted by Crippen LogP contribution is 2.16. The van der Waals surface area contributed by atoms with Crippen LogP contribution in [0.3, 0.4) is 0 Å². The number of hydrogen-bond donors (Lipinski definition) is 2. The molecule has 2 amide bonds. The zero-order valence-electron chi connectivity index (χ0n) is 15.5. The quantitative estimate of drug-likeness (QED) is 0.492. The highest BCUT2D eigenvalue weighted by atomic mass is 32.2. The van der Waals surface area contributed by atoms with Crippen molar-refractivity contribution < 1.29 is 9.59 Å². The van der Waals surface area contributed by atoms with Gasteiger partial charge in [-0.1, -0.05) is 11.8 Å². The molecule has 28 heavy (non-hydrogen) atoms. The van der Waals surface area contributed by atoms with Gasteiger partial charge in [0.2, 0.25) is 5.91 Å². The van der Waals surface area contributed by atoms with E-state index in [0.717, 1.165) is 11.4 Å². The van der Waals surface area contributed by atoms with E-state index < -0.39 is 0 Å². The van der Waals surface area contributed by atoms with Crippen molar-refractivity contribution in [3.8, 4) is 0 Å². The predicted octanol–water partition coefficient (Wildman–Crippen LogP) is 3.47. The number of nitrogens with one attached hydrogen (secondary N) is 2. The second-order valence-corrected chi connectivity index (χ2v) is 6.99. The van der Waals surface area contributed by atoms with E-state index >= 15 is 0 Å². The molecule has 0 radical (unpaired) electrons. The molecule has 0 aliphatic heterocycles. The summed E-state index contributed by atoms with van der Waals surface area (Å²) in [5.74, 6) is -0.208. The fourth-order valence-electron chi connectivity index (χ4n) is 2.43. The molecule has 3 rings (SSSR count). The number of anilines is 2. The van der Waals surface area contributed by atoms with E-state index in [4.69, 9.17) is 0 Å². The molecule has 0 bridgehead atoms. The fraction of sp³-hybridized carbons (Fsp3) is 0.150. The average Bonchev–Trinajstić information content (AvgIpc) is 2.67. The minimum atomic E-state index is -0.242. The number of aryl methyl sites for hydroxylation is 2. The number of aromatic nitrogens is 3. The molecule has 142 valence electrons. The van der Waals surface area contributed by atoms with Gasteiger partial charge in [0.15, 0.2) is 5.16 Å². The van der Waals surface area contributed by atoms with Gasteiger partial charge in [-0.3, -0.25) is 14.6 Å². The van der Waals surface area contributed by atoms with Crippen LogP contribution in [0.15, 0.2) is 60.0 Å². The summed E-state index contributed by atoms with van der Waals surface area (Å²) in [5.41, 5.74) is 3.46. The van der Waals surface area contributed by atoms with Crippen LogP contribution in [0.5, 0.6) is 0 Å². The number of rotatable bonds is 6. The molecule has 2 heterocycles. The summed E-state index contributed by atoms with van der Waals surface area (Å²) in [4.78, 5) is 36.9. The van der Waals surface area contributed by atoms with E-state index in [1.807, 2.05) is 19.9 Å². The average molecular weight is 393 g/mol. The van der Waals surface area contributed by atoms with E-state index in [9.17, 15) is 9.59 Å². The molecular formula is C20H19N5O2S. The summed E-state index contributed by atoms with van der Waals surface area (Å²) in [6, 6.07) is 12.1. The molecule has 0 saturated carbocycles. The molecule has 2 N–H and O–H groups in total. The van der Waals surface area contributed by atoms with Gasteiger partial charge in [0.1, 0.15) is 0 Å². The highest BCUT2D eigenvalue weighted by molar-refractivity contribution is 7.99. The van der Waals surface area contributed by atoms with Crippen LogP contribution in [0.4, 0.5) is 11.4 Å². The number of benzene rings is 1. The van der Waals surface area contributed by atoms with Gasteiger partial charge in [0.25, 0.3) is 5.91 Å². The van der Waals surface area contributed by atoms with Gasteiger partial charge in [0, 0.05) is 28.8 Å². The molecule has 0 fully saturated rings. The maximum Gasteiger partial charge on any atom is 0.255 e. The summed E-state index contributed by atoms with van der Waals surface area (Å²) in [7, 11) is 0. The number of hydrogen-bond acceptors (Lipinski definition) is 6. The third kappa shape index (κ3) is 5.62. The summed E-state index contributed by atoms with van der Waals surface area (Å²) in [6.45, 7) is 3.79. The summed E-state index contributed by atoms with van der Waals surface area (Å²) in [5, 5.41) is 6.14. The Bertz CT molecular complexity index is 957. The third-order valence-electron chi connectivity index (χ3n) is 3.64. The zero-order valence-corrected chi connectivity index (χ0v) is 16.3. The Morgan fingerprint density at radius 3 is 2.32 bits per heavy atom. The van der Waals surface area contributed by atoms with Crippen LogP contribution in [-0.2, 0) is 4.79 Å². The van der Waals surface area contributed by atoms with Gasteiger partial charge in [-0.25, -0.2) is 9.97 Å². The molecule has 2 aromatic heterocycles. The number of nitrogens with zero attached hydrogens (tertiary/aromatic N) is 3. The Hall–Kier alpha value is -3.26. The largest absolute Gasteiger partial charge is 0.325 e. The minimum Gasteiger partial charge on any atom is -0.325 e. The lowest BCUT2D eigenvalue weighted by Crippen LogP contribution is -2.15. The van der Waals surface area contributed by atoms with Crippen LogP contribution < -0.4 is 10.6 Å². The first-order chi connectivity index (χ1) is 13.5. The highest BCUT2D eigenvalue weighted by Gasteiger charge is 2.09. The smallest absolute Gasteiger partial charge is 0.255 e. The Kier molecular flexibility index (Phi) is 6.33. The lowest BCUT2D eigenvalue weighted by molar-refractivity contribution is -0.113. The Morgan fingerprint density at radius 1 is 0.964 bits per heavy atom. The van der Waals surface area contributed by atoms with Crippen molar-refractivity contribution in [3.05, 3.63) is 71.8 Å². The number of amides is 2. The van der Waals surface area contributed by atoms with Gasteiger partial charge in [-0.2, -0.15) is 0 Å². The number of thioether (sulfide) groups is 1. The van der Waals surface area contributed by atoms with Gasteiger partial charge >= 0.3 is 0 Å². The molecule has 0 aliphatic rings. The first kappa shape index (κ1) is 19.5. The van der Waals surface area contributed by atoms with Crippen molar-refractivity contribution in [2.45, 2.75) is 19.0 Å². The van der Waals surface area contributed by atoms with Crippen molar-refractivity contribution in [1.82, 2.24) is 15.0 Å². The topological polar surface area (TPSA) is 96.9 Å². The van der Waals surface area contributed by atoms with Crippen molar-refractivity contribution in [1.29, 1.82) is 0 Å². The second kappa shape index (κ2) is 9.09. The van der Waals surface area contributed by atoms with Crippen LogP contribution in [0, 0.1) is 13.8 Å². The molecule has 0 atom stereocenters. The van der Waals surface area contributed by atoms with Crippen molar-refractivity contribution in [2.24, 2.45) is 0 Å². The van der Waals surface area contributed by atoms with Crippen LogP contribution in [0.25, 0.3) is 0 Å². The van der Waals surface area contributed by atoms with E-state index in [-0.39, 0.29) is 17.6 Å². The first-order valence-electron chi connectivity index (χ1n) is 8.56. The fourth-order valence-corrected chi connectivity index (χ4v) is 3.18. The van der Waals surface area contributed by atoms with E-state index in [1.54, 1.807) is 48.8 Å². The lowest BCUT2D eigenvalue weighted by Gasteiger charge is -2.07. The minimum absolute atomic E-state index is 0.166. The molecule has 0 unspecified atom stereocenters. The summed E-state index contributed by atoms with van der Waals surface area (Å²) < 4.78 is 0. The zero-order chi connectivity index (χ0) is 19.9. The van der Waals surface area contributed by atoms with Crippen molar-refractivity contribution >= 4 is 35.0 Å². The molecule has 0 aliphatic carbocycles. The van der Waals surface area contributed by atoms with Crippen molar-refractivity contribution in [2.75, 3.05) is 16.4 Å². The summed E-state index contributed by atoms with van der Waals surface area (Å²) in [6.07, 6.45) is 3.21. The first-order valence-corrected chi connectivity index (χ1v) is 9.54. The van der Waals surface area contributed by atoms with Gasteiger partial charge < -0.3 is 10.6 Å². The van der Waals surface area contributed by atoms with Crippen molar-refractivity contribution in [3.63, 3.8) is 0 Å². The standard InChI is InChI=1S/C20H19N5O2S/c1-13-10-14(2)23-20(22-13)28-12-18(26)24-16-7-5-15(6-8-16)19(27)25-17-4-3-9-21-11-17/h3-11H,12H2,1-2H3,(H,24,26)(H,25,27). The van der Waals surface area contributed by atoms with Crippen LogP contribution in [0.2, 0.25) is 0 Å². The Balaban J connectivity index is 1.53. The third-order valence-corrected chi connectivity index (χ3v) is 4.49. The lowest BCUT2D eigenvalue weighted by atomic mass is 10.2. The van der Waals surface area contributed by atoms with Crippen LogP contribution in [-0.4, -0.2) is 32.5 Å². The van der Waals surface area contributed by atoms with Crippen LogP contribution >= 0.6 is 11.8 Å². The number of pyridine rings is 1. The maximum atomic E-state index is 12.2. The SMILES string of the molecule is Cc1cc(C)nc(SCC(=O)Nc2ccc(C(=O)Nc3cccnc3)cc2)n1. The van der Waals surface area contributed by atoms with E-state index in [1.165, 1.54) is 11.8 Å². The summed E-state index contributed by atoms with van der Waals surface area (Å²) >= 11 is 1.28. The monoisotopic (exact) mass is 393 g/mol. The molecule has 7 nitrogen and oxygen atoms in total. The Morgan fingerprint density at radius 2 is 1.68 bits per heavy atom. The molecule has 1 aromatic carbocycles. The molecule has 0 spiro atoms. The van der Waals surface area contributed by atoms with E-state index in [0.29, 0.717) is 22.1 Å². The molecular weight excluding hydrogens is 374 g/mol. The van der Waals surface area contributed by atoms with Crippen LogP contribution in [0.1, 0.15) is 21.7 Å². The van der Waals surface area contributed by atoms with E-state index in [2.05, 4.69) is 25.6 Å². The van der Waals surface area contributed by atoms with Gasteiger partial charge in [-0.15, -0.1) is 0 Å². The molecule has 3 aromatic rings. The van der Waals surface area contributed by atoms with Gasteiger partial charge in [-0.05, 0) is 56.3 Å². The number of carbonyl (C=O) groups excluding carboxylic acids is 2. The maximum absolute atomic E-state index is 12.2. The second-order valence-electron chi connectivity index (χ2n) is 6.04.